The van der Waals surface area contributed by atoms with Crippen molar-refractivity contribution in [2.24, 2.45) is 5.73 Å². The van der Waals surface area contributed by atoms with Gasteiger partial charge in [-0.2, -0.15) is 0 Å². The lowest BCUT2D eigenvalue weighted by molar-refractivity contribution is 0.348. The van der Waals surface area contributed by atoms with E-state index < -0.39 is 0 Å². The largest absolute Gasteiger partial charge is 0.496 e. The van der Waals surface area contributed by atoms with Crippen LogP contribution in [-0.4, -0.2) is 19.2 Å². The fourth-order valence-corrected chi connectivity index (χ4v) is 2.39. The van der Waals surface area contributed by atoms with E-state index in [1.165, 1.54) is 11.1 Å². The zero-order chi connectivity index (χ0) is 15.1. The zero-order valence-corrected chi connectivity index (χ0v) is 12.8. The standard InChI is InChI=1S/C18H24N2O/c1-18(14-19,20-13-15-8-4-3-5-9-15)12-16-10-6-7-11-17(16)21-2/h3-11,20H,12-14,19H2,1-2H3. The Hall–Kier alpha value is -1.84. The molecule has 21 heavy (non-hydrogen) atoms. The van der Waals surface area contributed by atoms with Crippen molar-refractivity contribution in [3.8, 4) is 5.75 Å². The molecule has 112 valence electrons. The zero-order valence-electron chi connectivity index (χ0n) is 12.8. The topological polar surface area (TPSA) is 47.3 Å². The SMILES string of the molecule is COc1ccccc1CC(C)(CN)NCc1ccccc1. The lowest BCUT2D eigenvalue weighted by Crippen LogP contribution is -2.50. The van der Waals surface area contributed by atoms with Crippen LogP contribution in [0.25, 0.3) is 0 Å². The summed E-state index contributed by atoms with van der Waals surface area (Å²) in [7, 11) is 1.70. The second-order valence-electron chi connectivity index (χ2n) is 5.59. The van der Waals surface area contributed by atoms with Crippen molar-refractivity contribution < 1.29 is 4.74 Å². The third kappa shape index (κ3) is 4.31. The van der Waals surface area contributed by atoms with Crippen LogP contribution in [0.1, 0.15) is 18.1 Å². The van der Waals surface area contributed by atoms with Crippen molar-refractivity contribution in [1.82, 2.24) is 5.32 Å². The lowest BCUT2D eigenvalue weighted by Gasteiger charge is -2.30. The third-order valence-corrected chi connectivity index (χ3v) is 3.79. The molecular weight excluding hydrogens is 260 g/mol. The van der Waals surface area contributed by atoms with Crippen molar-refractivity contribution in [1.29, 1.82) is 0 Å². The van der Waals surface area contributed by atoms with Crippen LogP contribution < -0.4 is 15.8 Å². The molecule has 3 heteroatoms. The molecule has 1 unspecified atom stereocenters. The molecule has 0 saturated heterocycles. The van der Waals surface area contributed by atoms with Gasteiger partial charge < -0.3 is 15.8 Å². The van der Waals surface area contributed by atoms with Crippen molar-refractivity contribution in [2.75, 3.05) is 13.7 Å². The molecule has 0 fully saturated rings. The fourth-order valence-electron chi connectivity index (χ4n) is 2.39. The average molecular weight is 284 g/mol. The molecule has 0 aliphatic rings. The molecule has 2 rings (SSSR count). The van der Waals surface area contributed by atoms with Gasteiger partial charge in [0.15, 0.2) is 0 Å². The summed E-state index contributed by atoms with van der Waals surface area (Å²) < 4.78 is 5.43. The number of nitrogens with one attached hydrogen (secondary N) is 1. The van der Waals surface area contributed by atoms with E-state index in [0.29, 0.717) is 6.54 Å². The van der Waals surface area contributed by atoms with E-state index in [0.717, 1.165) is 18.7 Å². The van der Waals surface area contributed by atoms with E-state index in [-0.39, 0.29) is 5.54 Å². The van der Waals surface area contributed by atoms with E-state index in [1.54, 1.807) is 7.11 Å². The Morgan fingerprint density at radius 3 is 2.38 bits per heavy atom. The molecule has 2 aromatic rings. The van der Waals surface area contributed by atoms with E-state index >= 15 is 0 Å². The minimum absolute atomic E-state index is 0.162. The second-order valence-corrected chi connectivity index (χ2v) is 5.59. The van der Waals surface area contributed by atoms with Crippen LogP contribution in [0, 0.1) is 0 Å². The number of ether oxygens (including phenoxy) is 1. The van der Waals surface area contributed by atoms with E-state index in [4.69, 9.17) is 10.5 Å². The predicted octanol–water partition coefficient (Wildman–Crippen LogP) is 2.74. The third-order valence-electron chi connectivity index (χ3n) is 3.79. The van der Waals surface area contributed by atoms with Crippen LogP contribution in [0.2, 0.25) is 0 Å². The van der Waals surface area contributed by atoms with Crippen LogP contribution >= 0.6 is 0 Å². The van der Waals surface area contributed by atoms with Gasteiger partial charge in [-0.15, -0.1) is 0 Å². The number of benzene rings is 2. The molecular formula is C18H24N2O. The Morgan fingerprint density at radius 1 is 1.05 bits per heavy atom. The van der Waals surface area contributed by atoms with Gasteiger partial charge in [0.2, 0.25) is 0 Å². The molecule has 3 nitrogen and oxygen atoms in total. The smallest absolute Gasteiger partial charge is 0.122 e. The minimum atomic E-state index is -0.162. The molecule has 0 spiro atoms. The van der Waals surface area contributed by atoms with Crippen LogP contribution in [0.4, 0.5) is 0 Å². The molecule has 0 aromatic heterocycles. The monoisotopic (exact) mass is 284 g/mol. The molecule has 2 aromatic carbocycles. The molecule has 0 aliphatic heterocycles. The first-order chi connectivity index (χ1) is 10.2. The highest BCUT2D eigenvalue weighted by Crippen LogP contribution is 2.22. The van der Waals surface area contributed by atoms with Gasteiger partial charge in [-0.1, -0.05) is 48.5 Å². The van der Waals surface area contributed by atoms with Gasteiger partial charge in [0.1, 0.15) is 5.75 Å². The predicted molar refractivity (Wildman–Crippen MR) is 87.4 cm³/mol. The molecule has 3 N–H and O–H groups in total. The van der Waals surface area contributed by atoms with Crippen LogP contribution in [0.15, 0.2) is 54.6 Å². The summed E-state index contributed by atoms with van der Waals surface area (Å²) >= 11 is 0. The van der Waals surface area contributed by atoms with Gasteiger partial charge >= 0.3 is 0 Å². The van der Waals surface area contributed by atoms with Gasteiger partial charge in [0.25, 0.3) is 0 Å². The Balaban J connectivity index is 2.06. The summed E-state index contributed by atoms with van der Waals surface area (Å²) in [6.45, 7) is 3.53. The molecule has 1 atom stereocenters. The van der Waals surface area contributed by atoms with Gasteiger partial charge in [0, 0.05) is 18.6 Å². The quantitative estimate of drug-likeness (QED) is 0.822. The van der Waals surface area contributed by atoms with Crippen LogP contribution in [0.3, 0.4) is 0 Å². The van der Waals surface area contributed by atoms with Gasteiger partial charge in [-0.3, -0.25) is 0 Å². The molecule has 0 saturated carbocycles. The van der Waals surface area contributed by atoms with Crippen LogP contribution in [-0.2, 0) is 13.0 Å². The highest BCUT2D eigenvalue weighted by molar-refractivity contribution is 5.34. The molecule has 0 bridgehead atoms. The highest BCUT2D eigenvalue weighted by atomic mass is 16.5. The maximum atomic E-state index is 6.01. The fraction of sp³-hybridized carbons (Fsp3) is 0.333. The van der Waals surface area contributed by atoms with Crippen molar-refractivity contribution in [3.05, 3.63) is 65.7 Å². The average Bonchev–Trinajstić information content (AvgIpc) is 2.54. The van der Waals surface area contributed by atoms with Gasteiger partial charge in [-0.25, -0.2) is 0 Å². The first-order valence-electron chi connectivity index (χ1n) is 7.28. The van der Waals surface area contributed by atoms with Crippen molar-refractivity contribution >= 4 is 0 Å². The summed E-state index contributed by atoms with van der Waals surface area (Å²) in [5, 5.41) is 3.58. The number of hydrogen-bond acceptors (Lipinski definition) is 3. The molecule has 0 aliphatic carbocycles. The molecule has 0 radical (unpaired) electrons. The van der Waals surface area contributed by atoms with Gasteiger partial charge in [0.05, 0.1) is 7.11 Å². The first kappa shape index (κ1) is 15.5. The molecule has 0 amide bonds. The van der Waals surface area contributed by atoms with E-state index in [9.17, 15) is 0 Å². The summed E-state index contributed by atoms with van der Waals surface area (Å²) in [6.07, 6.45) is 0.834. The highest BCUT2D eigenvalue weighted by Gasteiger charge is 2.23. The maximum absolute atomic E-state index is 6.01. The van der Waals surface area contributed by atoms with E-state index in [2.05, 4.69) is 42.6 Å². The Labute approximate surface area is 127 Å². The number of para-hydroxylation sites is 1. The Kier molecular flexibility index (Phi) is 5.37. The van der Waals surface area contributed by atoms with E-state index in [1.807, 2.05) is 24.3 Å². The van der Waals surface area contributed by atoms with Crippen molar-refractivity contribution in [3.63, 3.8) is 0 Å². The summed E-state index contributed by atoms with van der Waals surface area (Å²) in [5.74, 6) is 0.915. The second kappa shape index (κ2) is 7.25. The summed E-state index contributed by atoms with van der Waals surface area (Å²) in [6, 6.07) is 18.5. The summed E-state index contributed by atoms with van der Waals surface area (Å²) in [5.41, 5.74) is 8.28. The van der Waals surface area contributed by atoms with Crippen molar-refractivity contribution in [2.45, 2.75) is 25.4 Å². The Bertz CT molecular complexity index is 556. The molecule has 0 heterocycles. The number of nitrogens with two attached hydrogens (primary N) is 1. The number of rotatable bonds is 7. The van der Waals surface area contributed by atoms with Crippen LogP contribution in [0.5, 0.6) is 5.75 Å². The normalized spacial score (nSPS) is 13.7. The Morgan fingerprint density at radius 2 is 1.71 bits per heavy atom. The number of hydrogen-bond donors (Lipinski definition) is 2. The number of methoxy groups -OCH3 is 1. The maximum Gasteiger partial charge on any atom is 0.122 e. The minimum Gasteiger partial charge on any atom is -0.496 e. The lowest BCUT2D eigenvalue weighted by atomic mass is 9.92. The summed E-state index contributed by atoms with van der Waals surface area (Å²) in [4.78, 5) is 0. The first-order valence-corrected chi connectivity index (χ1v) is 7.28. The van der Waals surface area contributed by atoms with Gasteiger partial charge in [-0.05, 0) is 30.5 Å².